The summed E-state index contributed by atoms with van der Waals surface area (Å²) in [4.78, 5) is 16.8. The first-order valence-electron chi connectivity index (χ1n) is 11.1. The van der Waals surface area contributed by atoms with Gasteiger partial charge in [-0.25, -0.2) is 0 Å². The number of thiophene rings is 1. The summed E-state index contributed by atoms with van der Waals surface area (Å²) >= 11 is 1.72. The van der Waals surface area contributed by atoms with E-state index in [4.69, 9.17) is 0 Å². The van der Waals surface area contributed by atoms with Gasteiger partial charge >= 0.3 is 0 Å². The first kappa shape index (κ1) is 20.1. The average Bonchev–Trinajstić information content (AvgIpc) is 3.39. The number of amides is 1. The maximum Gasteiger partial charge on any atom is 0.270 e. The van der Waals surface area contributed by atoms with Crippen molar-refractivity contribution >= 4 is 27.5 Å². The quantitative estimate of drug-likeness (QED) is 0.374. The van der Waals surface area contributed by atoms with Gasteiger partial charge in [-0.15, -0.1) is 11.3 Å². The number of piperidine rings is 1. The Kier molecular flexibility index (Phi) is 5.65. The smallest absolute Gasteiger partial charge is 0.270 e. The number of benzene rings is 2. The lowest BCUT2D eigenvalue weighted by Gasteiger charge is -2.32. The van der Waals surface area contributed by atoms with Gasteiger partial charge in [-0.1, -0.05) is 60.2 Å². The van der Waals surface area contributed by atoms with Gasteiger partial charge in [0.15, 0.2) is 0 Å². The number of carbonyl (C=O) groups excluding carboxylic acids is 1. The zero-order valence-electron chi connectivity index (χ0n) is 18.0. The molecule has 0 atom stereocenters. The van der Waals surface area contributed by atoms with Gasteiger partial charge in [0.2, 0.25) is 0 Å². The summed E-state index contributed by atoms with van der Waals surface area (Å²) in [5, 5.41) is 3.28. The Morgan fingerprint density at radius 3 is 2.45 bits per heavy atom. The monoisotopic (exact) mass is 428 g/mol. The largest absolute Gasteiger partial charge is 0.337 e. The molecule has 1 amide bonds. The van der Waals surface area contributed by atoms with Gasteiger partial charge in [0.25, 0.3) is 5.91 Å². The zero-order valence-corrected chi connectivity index (χ0v) is 18.8. The lowest BCUT2D eigenvalue weighted by atomic mass is 9.90. The summed E-state index contributed by atoms with van der Waals surface area (Å²) in [6, 6.07) is 23.5. The van der Waals surface area contributed by atoms with E-state index in [-0.39, 0.29) is 5.91 Å². The van der Waals surface area contributed by atoms with Crippen LogP contribution in [-0.2, 0) is 13.0 Å². The standard InChI is InChI=1S/C27H28N2OS/c1-20-7-9-23(10-8-20)19-29-25(18-24-13-16-31-27(24)29)26(30)28-14-11-22(12-15-28)17-21-5-3-2-4-6-21/h2-10,13,16,18,22H,11-12,14-15,17,19H2,1H3. The minimum Gasteiger partial charge on any atom is -0.337 e. The Morgan fingerprint density at radius 2 is 1.71 bits per heavy atom. The Balaban J connectivity index is 1.32. The highest BCUT2D eigenvalue weighted by Gasteiger charge is 2.26. The summed E-state index contributed by atoms with van der Waals surface area (Å²) in [7, 11) is 0. The molecule has 4 aromatic rings. The van der Waals surface area contributed by atoms with Gasteiger partial charge in [0.1, 0.15) is 10.5 Å². The first-order chi connectivity index (χ1) is 15.2. The molecule has 0 bridgehead atoms. The molecule has 158 valence electrons. The molecule has 1 saturated heterocycles. The van der Waals surface area contributed by atoms with Gasteiger partial charge in [-0.2, -0.15) is 0 Å². The van der Waals surface area contributed by atoms with Crippen molar-refractivity contribution in [2.45, 2.75) is 32.7 Å². The Morgan fingerprint density at radius 1 is 0.968 bits per heavy atom. The van der Waals surface area contributed by atoms with E-state index in [9.17, 15) is 4.79 Å². The van der Waals surface area contributed by atoms with E-state index in [1.807, 2.05) is 0 Å². The Hall–Kier alpha value is -2.85. The van der Waals surface area contributed by atoms with Crippen LogP contribution in [0.15, 0.2) is 72.1 Å². The third kappa shape index (κ3) is 4.31. The zero-order chi connectivity index (χ0) is 21.2. The van der Waals surface area contributed by atoms with Gasteiger partial charge in [0, 0.05) is 25.0 Å². The minimum atomic E-state index is 0.175. The van der Waals surface area contributed by atoms with Gasteiger partial charge < -0.3 is 9.47 Å². The number of hydrogen-bond donors (Lipinski definition) is 0. The fourth-order valence-corrected chi connectivity index (χ4v) is 5.53. The summed E-state index contributed by atoms with van der Waals surface area (Å²) in [6.45, 7) is 4.53. The highest BCUT2D eigenvalue weighted by molar-refractivity contribution is 7.16. The summed E-state index contributed by atoms with van der Waals surface area (Å²) in [5.74, 6) is 0.836. The molecule has 3 heterocycles. The number of nitrogens with zero attached hydrogens (tertiary/aromatic N) is 2. The SMILES string of the molecule is Cc1ccc(Cn2c(C(=O)N3CCC(Cc4ccccc4)CC3)cc3ccsc32)cc1. The fraction of sp³-hybridized carbons (Fsp3) is 0.296. The van der Waals surface area contributed by atoms with Crippen LogP contribution < -0.4 is 0 Å². The molecule has 5 rings (SSSR count). The molecule has 31 heavy (non-hydrogen) atoms. The highest BCUT2D eigenvalue weighted by Crippen LogP contribution is 2.29. The summed E-state index contributed by atoms with van der Waals surface area (Å²) in [5.41, 5.74) is 4.71. The van der Waals surface area contributed by atoms with E-state index in [1.54, 1.807) is 11.3 Å². The Bertz CT molecular complexity index is 1170. The average molecular weight is 429 g/mol. The lowest BCUT2D eigenvalue weighted by molar-refractivity contribution is 0.0680. The second-order valence-corrected chi connectivity index (χ2v) is 9.60. The van der Waals surface area contributed by atoms with E-state index in [0.29, 0.717) is 5.92 Å². The molecule has 1 aliphatic rings. The number of aromatic nitrogens is 1. The number of likely N-dealkylation sites (tertiary alicyclic amines) is 1. The van der Waals surface area contributed by atoms with Crippen molar-refractivity contribution in [3.05, 3.63) is 94.5 Å². The van der Waals surface area contributed by atoms with E-state index in [0.717, 1.165) is 44.6 Å². The van der Waals surface area contributed by atoms with E-state index >= 15 is 0 Å². The molecule has 1 aliphatic heterocycles. The van der Waals surface area contributed by atoms with Crippen molar-refractivity contribution in [3.8, 4) is 0 Å². The van der Waals surface area contributed by atoms with Crippen LogP contribution in [-0.4, -0.2) is 28.5 Å². The molecule has 1 fully saturated rings. The number of fused-ring (bicyclic) bond motifs is 1. The molecular formula is C27H28N2OS. The van der Waals surface area contributed by atoms with E-state index in [1.165, 1.54) is 26.9 Å². The minimum absolute atomic E-state index is 0.175. The van der Waals surface area contributed by atoms with Crippen molar-refractivity contribution in [1.82, 2.24) is 9.47 Å². The predicted octanol–water partition coefficient (Wildman–Crippen LogP) is 6.15. The van der Waals surface area contributed by atoms with E-state index < -0.39 is 0 Å². The number of carbonyl (C=O) groups is 1. The van der Waals surface area contributed by atoms with Gasteiger partial charge in [0.05, 0.1) is 0 Å². The van der Waals surface area contributed by atoms with Crippen molar-refractivity contribution in [2.24, 2.45) is 5.92 Å². The topological polar surface area (TPSA) is 25.2 Å². The predicted molar refractivity (Wildman–Crippen MR) is 129 cm³/mol. The molecule has 0 N–H and O–H groups in total. The molecule has 0 aliphatic carbocycles. The summed E-state index contributed by atoms with van der Waals surface area (Å²) < 4.78 is 2.21. The van der Waals surface area contributed by atoms with Crippen LogP contribution in [0.4, 0.5) is 0 Å². The third-order valence-corrected chi connectivity index (χ3v) is 7.40. The molecular weight excluding hydrogens is 400 g/mol. The Labute approximate surface area is 187 Å². The van der Waals surface area contributed by atoms with Gasteiger partial charge in [-0.3, -0.25) is 4.79 Å². The molecule has 2 aromatic carbocycles. The number of aryl methyl sites for hydroxylation is 1. The van der Waals surface area contributed by atoms with Crippen LogP contribution in [0.1, 0.15) is 40.0 Å². The molecule has 4 heteroatoms. The maximum absolute atomic E-state index is 13.5. The molecule has 2 aromatic heterocycles. The van der Waals surface area contributed by atoms with Crippen LogP contribution in [0, 0.1) is 12.8 Å². The highest BCUT2D eigenvalue weighted by atomic mass is 32.1. The normalized spacial score (nSPS) is 14.9. The second-order valence-electron chi connectivity index (χ2n) is 8.71. The van der Waals surface area contributed by atoms with Crippen molar-refractivity contribution < 1.29 is 4.79 Å². The third-order valence-electron chi connectivity index (χ3n) is 6.45. The van der Waals surface area contributed by atoms with Crippen molar-refractivity contribution in [2.75, 3.05) is 13.1 Å². The van der Waals surface area contributed by atoms with Crippen molar-refractivity contribution in [1.29, 1.82) is 0 Å². The molecule has 0 saturated carbocycles. The molecule has 0 spiro atoms. The van der Waals surface area contributed by atoms with Crippen LogP contribution >= 0.6 is 11.3 Å². The molecule has 0 radical (unpaired) electrons. The number of hydrogen-bond acceptors (Lipinski definition) is 2. The maximum atomic E-state index is 13.5. The fourth-order valence-electron chi connectivity index (χ4n) is 4.63. The summed E-state index contributed by atoms with van der Waals surface area (Å²) in [6.07, 6.45) is 3.27. The van der Waals surface area contributed by atoms with Crippen LogP contribution in [0.2, 0.25) is 0 Å². The molecule has 0 unspecified atom stereocenters. The van der Waals surface area contributed by atoms with Crippen LogP contribution in [0.3, 0.4) is 0 Å². The second kappa shape index (κ2) is 8.72. The lowest BCUT2D eigenvalue weighted by Crippen LogP contribution is -2.39. The van der Waals surface area contributed by atoms with E-state index in [2.05, 4.69) is 88.5 Å². The van der Waals surface area contributed by atoms with Gasteiger partial charge in [-0.05, 0) is 60.7 Å². The van der Waals surface area contributed by atoms with Crippen LogP contribution in [0.5, 0.6) is 0 Å². The van der Waals surface area contributed by atoms with Crippen molar-refractivity contribution in [3.63, 3.8) is 0 Å². The first-order valence-corrected chi connectivity index (χ1v) is 12.0. The molecule has 3 nitrogen and oxygen atoms in total. The van der Waals surface area contributed by atoms with Crippen LogP contribution in [0.25, 0.3) is 10.2 Å². The number of rotatable bonds is 5.